The Kier molecular flexibility index (Phi) is 3.10. The predicted octanol–water partition coefficient (Wildman–Crippen LogP) is 2.83. The van der Waals surface area contributed by atoms with Gasteiger partial charge in [0.15, 0.2) is 5.75 Å². The number of aryl methyl sites for hydroxylation is 2. The summed E-state index contributed by atoms with van der Waals surface area (Å²) in [4.78, 5) is 16.3. The van der Waals surface area contributed by atoms with Gasteiger partial charge in [-0.15, -0.1) is 0 Å². The molecule has 0 aliphatic carbocycles. The third-order valence-corrected chi connectivity index (χ3v) is 3.58. The zero-order chi connectivity index (χ0) is 14.3. The Morgan fingerprint density at radius 1 is 1.25 bits per heavy atom. The summed E-state index contributed by atoms with van der Waals surface area (Å²) >= 11 is 3.43. The highest BCUT2D eigenvalue weighted by Crippen LogP contribution is 2.25. The molecule has 0 atom stereocenters. The topological polar surface area (TPSA) is 49.0 Å². The van der Waals surface area contributed by atoms with Crippen LogP contribution in [-0.2, 0) is 14.1 Å². The number of nitrogens with zero attached hydrogens (tertiary/aromatic N) is 3. The van der Waals surface area contributed by atoms with Crippen molar-refractivity contribution in [2.75, 3.05) is 0 Å². The number of hydrogen-bond donors (Lipinski definition) is 0. The maximum atomic E-state index is 11.9. The van der Waals surface area contributed by atoms with Gasteiger partial charge in [-0.3, -0.25) is 9.36 Å². The highest BCUT2D eigenvalue weighted by molar-refractivity contribution is 9.10. The van der Waals surface area contributed by atoms with Crippen LogP contribution in [0.15, 0.2) is 45.8 Å². The van der Waals surface area contributed by atoms with Crippen LogP contribution in [0.2, 0.25) is 0 Å². The number of fused-ring (bicyclic) bond motifs is 1. The van der Waals surface area contributed by atoms with Crippen LogP contribution in [0.4, 0.5) is 0 Å². The van der Waals surface area contributed by atoms with E-state index >= 15 is 0 Å². The normalized spacial score (nSPS) is 10.9. The van der Waals surface area contributed by atoms with Crippen molar-refractivity contribution >= 4 is 27.0 Å². The lowest BCUT2D eigenvalue weighted by Gasteiger charge is -2.05. The first-order valence-corrected chi connectivity index (χ1v) is 6.81. The summed E-state index contributed by atoms with van der Waals surface area (Å²) in [6.07, 6.45) is 1.68. The molecule has 3 rings (SSSR count). The van der Waals surface area contributed by atoms with E-state index < -0.39 is 0 Å². The zero-order valence-electron chi connectivity index (χ0n) is 11.0. The third-order valence-electron chi connectivity index (χ3n) is 3.09. The van der Waals surface area contributed by atoms with Crippen molar-refractivity contribution in [3.63, 3.8) is 0 Å². The smallest absolute Gasteiger partial charge is 0.302 e. The van der Waals surface area contributed by atoms with E-state index in [1.165, 1.54) is 4.57 Å². The molecule has 0 saturated heterocycles. The van der Waals surface area contributed by atoms with Gasteiger partial charge in [-0.25, -0.2) is 0 Å². The average molecular weight is 334 g/mol. The van der Waals surface area contributed by atoms with Gasteiger partial charge in [-0.2, -0.15) is 4.98 Å². The van der Waals surface area contributed by atoms with Gasteiger partial charge in [0.25, 0.3) is 5.56 Å². The molecular weight excluding hydrogens is 322 g/mol. The Hall–Kier alpha value is -2.08. The molecule has 0 saturated carbocycles. The molecule has 0 radical (unpaired) electrons. The lowest BCUT2D eigenvalue weighted by atomic mass is 10.3. The summed E-state index contributed by atoms with van der Waals surface area (Å²) in [6.45, 7) is 0. The molecule has 6 heteroatoms. The van der Waals surface area contributed by atoms with Crippen LogP contribution < -0.4 is 10.3 Å². The molecule has 0 bridgehead atoms. The van der Waals surface area contributed by atoms with E-state index in [0.29, 0.717) is 6.01 Å². The van der Waals surface area contributed by atoms with Crippen molar-refractivity contribution in [3.8, 4) is 11.8 Å². The van der Waals surface area contributed by atoms with Gasteiger partial charge < -0.3 is 9.30 Å². The average Bonchev–Trinajstić information content (AvgIpc) is 2.72. The standard InChI is InChI=1S/C14H12BrN3O2/c1-17-7-3-4-12(13(17)19)20-14-16-10-6-5-9(15)8-11(10)18(14)2/h3-8H,1-2H3. The molecular formula is C14H12BrN3O2. The number of ether oxygens (including phenoxy) is 1. The fourth-order valence-corrected chi connectivity index (χ4v) is 2.33. The molecule has 2 heterocycles. The molecule has 20 heavy (non-hydrogen) atoms. The molecule has 102 valence electrons. The lowest BCUT2D eigenvalue weighted by Crippen LogP contribution is -2.17. The molecule has 0 unspecified atom stereocenters. The van der Waals surface area contributed by atoms with E-state index in [9.17, 15) is 4.79 Å². The van der Waals surface area contributed by atoms with Gasteiger partial charge in [-0.1, -0.05) is 15.9 Å². The van der Waals surface area contributed by atoms with Crippen LogP contribution in [0.1, 0.15) is 0 Å². The number of hydrogen-bond acceptors (Lipinski definition) is 3. The number of halogens is 1. The van der Waals surface area contributed by atoms with E-state index in [2.05, 4.69) is 20.9 Å². The van der Waals surface area contributed by atoms with Gasteiger partial charge in [0.05, 0.1) is 11.0 Å². The number of pyridine rings is 1. The van der Waals surface area contributed by atoms with Gasteiger partial charge in [0.2, 0.25) is 0 Å². The Labute approximate surface area is 123 Å². The van der Waals surface area contributed by atoms with Crippen molar-refractivity contribution in [3.05, 3.63) is 51.4 Å². The summed E-state index contributed by atoms with van der Waals surface area (Å²) < 4.78 is 9.90. The first kappa shape index (κ1) is 12.9. The van der Waals surface area contributed by atoms with E-state index in [0.717, 1.165) is 15.5 Å². The molecule has 3 aromatic rings. The first-order chi connectivity index (χ1) is 9.56. The summed E-state index contributed by atoms with van der Waals surface area (Å²) in [5.41, 5.74) is 1.56. The lowest BCUT2D eigenvalue weighted by molar-refractivity contribution is 0.418. The minimum Gasteiger partial charge on any atom is -0.420 e. The van der Waals surface area contributed by atoms with E-state index in [-0.39, 0.29) is 11.3 Å². The fourth-order valence-electron chi connectivity index (χ4n) is 1.98. The molecule has 2 aromatic heterocycles. The molecule has 1 aromatic carbocycles. The molecule has 5 nitrogen and oxygen atoms in total. The van der Waals surface area contributed by atoms with Gasteiger partial charge in [0, 0.05) is 24.8 Å². The summed E-state index contributed by atoms with van der Waals surface area (Å²) in [7, 11) is 3.53. The van der Waals surface area contributed by atoms with E-state index in [1.807, 2.05) is 29.8 Å². The van der Waals surface area contributed by atoms with Crippen molar-refractivity contribution in [1.29, 1.82) is 0 Å². The summed E-state index contributed by atoms with van der Waals surface area (Å²) in [5.74, 6) is 0.257. The minimum absolute atomic E-state index is 0.194. The maximum absolute atomic E-state index is 11.9. The van der Waals surface area contributed by atoms with Gasteiger partial charge in [0.1, 0.15) is 0 Å². The minimum atomic E-state index is -0.194. The Morgan fingerprint density at radius 2 is 2.05 bits per heavy atom. The fraction of sp³-hybridized carbons (Fsp3) is 0.143. The molecule has 0 aliphatic heterocycles. The monoisotopic (exact) mass is 333 g/mol. The van der Waals surface area contributed by atoms with Crippen molar-refractivity contribution in [2.45, 2.75) is 0 Å². The Balaban J connectivity index is 2.09. The molecule has 0 N–H and O–H groups in total. The number of benzene rings is 1. The highest BCUT2D eigenvalue weighted by Gasteiger charge is 2.12. The second-order valence-corrected chi connectivity index (χ2v) is 5.39. The van der Waals surface area contributed by atoms with Crippen LogP contribution in [0.25, 0.3) is 11.0 Å². The quantitative estimate of drug-likeness (QED) is 0.724. The van der Waals surface area contributed by atoms with Gasteiger partial charge in [-0.05, 0) is 30.3 Å². The zero-order valence-corrected chi connectivity index (χ0v) is 12.6. The van der Waals surface area contributed by atoms with Crippen LogP contribution in [0, 0.1) is 0 Å². The first-order valence-electron chi connectivity index (χ1n) is 6.02. The van der Waals surface area contributed by atoms with E-state index in [4.69, 9.17) is 4.74 Å². The van der Waals surface area contributed by atoms with E-state index in [1.54, 1.807) is 25.4 Å². The molecule has 0 amide bonds. The molecule has 0 aliphatic rings. The second-order valence-electron chi connectivity index (χ2n) is 4.48. The predicted molar refractivity (Wildman–Crippen MR) is 80.2 cm³/mol. The van der Waals surface area contributed by atoms with Gasteiger partial charge >= 0.3 is 6.01 Å². The van der Waals surface area contributed by atoms with Crippen LogP contribution in [0.5, 0.6) is 11.8 Å². The summed E-state index contributed by atoms with van der Waals surface area (Å²) in [6, 6.07) is 9.56. The highest BCUT2D eigenvalue weighted by atomic mass is 79.9. The third kappa shape index (κ3) is 2.12. The number of aromatic nitrogens is 3. The molecule has 0 spiro atoms. The largest absolute Gasteiger partial charge is 0.420 e. The molecule has 0 fully saturated rings. The van der Waals surface area contributed by atoms with Crippen molar-refractivity contribution in [2.24, 2.45) is 14.1 Å². The van der Waals surface area contributed by atoms with Crippen LogP contribution >= 0.6 is 15.9 Å². The number of imidazole rings is 1. The Morgan fingerprint density at radius 3 is 2.85 bits per heavy atom. The van der Waals surface area contributed by atoms with Crippen LogP contribution in [0.3, 0.4) is 0 Å². The SMILES string of the molecule is Cn1cccc(Oc2nc3ccc(Br)cc3n2C)c1=O. The summed E-state index contributed by atoms with van der Waals surface area (Å²) in [5, 5.41) is 0. The van der Waals surface area contributed by atoms with Crippen LogP contribution in [-0.4, -0.2) is 14.1 Å². The maximum Gasteiger partial charge on any atom is 0.302 e. The van der Waals surface area contributed by atoms with Crippen molar-refractivity contribution < 1.29 is 4.74 Å². The van der Waals surface area contributed by atoms with Crippen molar-refractivity contribution in [1.82, 2.24) is 14.1 Å². The number of rotatable bonds is 2. The second kappa shape index (κ2) is 4.79. The Bertz CT molecular complexity index is 851.